The smallest absolute Gasteiger partial charge is 0.276 e. The predicted octanol–water partition coefficient (Wildman–Crippen LogP) is 4.25. The highest BCUT2D eigenvalue weighted by molar-refractivity contribution is 6.11. The summed E-state index contributed by atoms with van der Waals surface area (Å²) in [7, 11) is 2.16. The number of hydrogen-bond acceptors (Lipinski definition) is 7. The fourth-order valence-electron chi connectivity index (χ4n) is 5.59. The lowest BCUT2D eigenvalue weighted by Crippen LogP contribution is -2.43. The summed E-state index contributed by atoms with van der Waals surface area (Å²) in [5.74, 6) is 0.555. The summed E-state index contributed by atoms with van der Waals surface area (Å²) in [6.07, 6.45) is 8.08. The van der Waals surface area contributed by atoms with E-state index in [1.165, 1.54) is 18.4 Å². The van der Waals surface area contributed by atoms with E-state index in [1.807, 2.05) is 36.7 Å². The first-order valence-corrected chi connectivity index (χ1v) is 14.3. The first-order chi connectivity index (χ1) is 19.5. The van der Waals surface area contributed by atoms with Gasteiger partial charge in [-0.1, -0.05) is 13.0 Å². The topological polar surface area (TPSA) is 93.3 Å². The van der Waals surface area contributed by atoms with Crippen molar-refractivity contribution in [3.05, 3.63) is 71.9 Å². The highest BCUT2D eigenvalue weighted by Gasteiger charge is 2.18. The second kappa shape index (κ2) is 11.8. The molecule has 2 aliphatic heterocycles. The first kappa shape index (κ1) is 26.6. The molecule has 1 amide bonds. The molecule has 2 aliphatic rings. The van der Waals surface area contributed by atoms with Gasteiger partial charge in [-0.3, -0.25) is 29.7 Å². The van der Waals surface area contributed by atoms with Crippen LogP contribution in [0.3, 0.4) is 0 Å². The molecule has 3 aromatic heterocycles. The normalized spacial score (nSPS) is 17.9. The number of rotatable bonds is 7. The molecule has 0 unspecified atom stereocenters. The molecule has 0 saturated carbocycles. The SMILES string of the molecule is CC1CCN(Cc2cncc(-c3ccc4[nH]nc(C(=O)Nc5ccc(CN6CCN(C)CC6)nc5)c4c3)c2)CC1. The van der Waals surface area contributed by atoms with Crippen molar-refractivity contribution in [1.29, 1.82) is 0 Å². The van der Waals surface area contributed by atoms with Crippen LogP contribution in [0.2, 0.25) is 0 Å². The van der Waals surface area contributed by atoms with Crippen LogP contribution in [-0.4, -0.2) is 87.1 Å². The Bertz CT molecular complexity index is 1450. The van der Waals surface area contributed by atoms with Crippen molar-refractivity contribution >= 4 is 22.5 Å². The number of pyridine rings is 2. The van der Waals surface area contributed by atoms with Crippen LogP contribution in [-0.2, 0) is 13.1 Å². The van der Waals surface area contributed by atoms with Gasteiger partial charge in [-0.05, 0) is 80.4 Å². The van der Waals surface area contributed by atoms with Gasteiger partial charge in [0.25, 0.3) is 5.91 Å². The highest BCUT2D eigenvalue weighted by atomic mass is 16.1. The molecule has 9 nitrogen and oxygen atoms in total. The number of aromatic nitrogens is 4. The number of nitrogens with zero attached hydrogens (tertiary/aromatic N) is 6. The van der Waals surface area contributed by atoms with Crippen LogP contribution in [0.5, 0.6) is 0 Å². The van der Waals surface area contributed by atoms with Crippen molar-refractivity contribution in [3.8, 4) is 11.1 Å². The highest BCUT2D eigenvalue weighted by Crippen LogP contribution is 2.27. The van der Waals surface area contributed by atoms with Gasteiger partial charge in [-0.2, -0.15) is 5.10 Å². The summed E-state index contributed by atoms with van der Waals surface area (Å²) in [6, 6.07) is 12.2. The van der Waals surface area contributed by atoms with E-state index in [9.17, 15) is 4.79 Å². The van der Waals surface area contributed by atoms with E-state index in [0.29, 0.717) is 11.4 Å². The standard InChI is InChI=1S/C31H38N8O/c1-22-7-9-38(10-8-22)20-23-15-25(18-32-17-23)24-3-6-29-28(16-24)30(36-35-29)31(40)34-26-4-5-27(33-19-26)21-39-13-11-37(2)12-14-39/h3-6,15-19,22H,7-14,20-21H2,1-2H3,(H,34,40)(H,35,36). The minimum Gasteiger partial charge on any atom is -0.319 e. The summed E-state index contributed by atoms with van der Waals surface area (Å²) < 4.78 is 0. The van der Waals surface area contributed by atoms with Gasteiger partial charge in [0.15, 0.2) is 5.69 Å². The van der Waals surface area contributed by atoms with Gasteiger partial charge >= 0.3 is 0 Å². The number of likely N-dealkylation sites (N-methyl/N-ethyl adjacent to an activating group) is 1. The molecule has 0 aliphatic carbocycles. The van der Waals surface area contributed by atoms with Crippen LogP contribution < -0.4 is 5.32 Å². The van der Waals surface area contributed by atoms with Gasteiger partial charge in [0, 0.05) is 62.6 Å². The van der Waals surface area contributed by atoms with E-state index in [1.54, 1.807) is 6.20 Å². The largest absolute Gasteiger partial charge is 0.319 e. The molecule has 1 aromatic carbocycles. The molecule has 2 fully saturated rings. The fourth-order valence-corrected chi connectivity index (χ4v) is 5.59. The van der Waals surface area contributed by atoms with E-state index in [-0.39, 0.29) is 5.91 Å². The van der Waals surface area contributed by atoms with Crippen LogP contribution in [0, 0.1) is 5.92 Å². The van der Waals surface area contributed by atoms with E-state index < -0.39 is 0 Å². The number of aromatic amines is 1. The van der Waals surface area contributed by atoms with Crippen LogP contribution in [0.15, 0.2) is 55.0 Å². The molecule has 2 N–H and O–H groups in total. The molecule has 0 radical (unpaired) electrons. The number of H-pyrrole nitrogens is 1. The number of carbonyl (C=O) groups excluding carboxylic acids is 1. The molecule has 0 spiro atoms. The van der Waals surface area contributed by atoms with E-state index in [4.69, 9.17) is 0 Å². The number of piperidine rings is 1. The van der Waals surface area contributed by atoms with Crippen LogP contribution in [0.4, 0.5) is 5.69 Å². The average Bonchev–Trinajstić information content (AvgIpc) is 3.40. The van der Waals surface area contributed by atoms with Crippen molar-refractivity contribution in [2.75, 3.05) is 51.6 Å². The molecular weight excluding hydrogens is 500 g/mol. The third-order valence-electron chi connectivity index (χ3n) is 8.25. The molecular formula is C31H38N8O. The molecule has 2 saturated heterocycles. The lowest BCUT2D eigenvalue weighted by atomic mass is 9.98. The Hall–Kier alpha value is -3.66. The first-order valence-electron chi connectivity index (χ1n) is 14.3. The Labute approximate surface area is 235 Å². The van der Waals surface area contributed by atoms with Gasteiger partial charge in [-0.15, -0.1) is 0 Å². The number of likely N-dealkylation sites (tertiary alicyclic amines) is 1. The second-order valence-corrected chi connectivity index (χ2v) is 11.4. The maximum atomic E-state index is 13.2. The zero-order valence-electron chi connectivity index (χ0n) is 23.4. The Balaban J connectivity index is 1.13. The molecule has 0 atom stereocenters. The van der Waals surface area contributed by atoms with Gasteiger partial charge in [0.2, 0.25) is 0 Å². The predicted molar refractivity (Wildman–Crippen MR) is 158 cm³/mol. The molecule has 6 rings (SSSR count). The Morgan fingerprint density at radius 3 is 2.50 bits per heavy atom. The Kier molecular flexibility index (Phi) is 7.86. The van der Waals surface area contributed by atoms with E-state index in [2.05, 4.69) is 66.3 Å². The second-order valence-electron chi connectivity index (χ2n) is 11.4. The summed E-state index contributed by atoms with van der Waals surface area (Å²) in [6.45, 7) is 10.6. The lowest BCUT2D eigenvalue weighted by molar-refractivity contribution is 0.102. The molecule has 4 aromatic rings. The average molecular weight is 539 g/mol. The van der Waals surface area contributed by atoms with Crippen molar-refractivity contribution < 1.29 is 4.79 Å². The van der Waals surface area contributed by atoms with Gasteiger partial charge in [0.1, 0.15) is 0 Å². The monoisotopic (exact) mass is 538 g/mol. The molecule has 208 valence electrons. The van der Waals surface area contributed by atoms with Crippen LogP contribution >= 0.6 is 0 Å². The van der Waals surface area contributed by atoms with E-state index >= 15 is 0 Å². The molecule has 9 heteroatoms. The van der Waals surface area contributed by atoms with E-state index in [0.717, 1.165) is 86.0 Å². The third kappa shape index (κ3) is 6.22. The van der Waals surface area contributed by atoms with Crippen molar-refractivity contribution in [2.24, 2.45) is 5.92 Å². The zero-order valence-corrected chi connectivity index (χ0v) is 23.4. The quantitative estimate of drug-likeness (QED) is 0.363. The number of nitrogens with one attached hydrogen (secondary N) is 2. The summed E-state index contributed by atoms with van der Waals surface area (Å²) >= 11 is 0. The number of fused-ring (bicyclic) bond motifs is 1. The minimum atomic E-state index is -0.261. The van der Waals surface area contributed by atoms with Gasteiger partial charge in [0.05, 0.1) is 23.1 Å². The van der Waals surface area contributed by atoms with Crippen molar-refractivity contribution in [1.82, 2.24) is 34.9 Å². The fraction of sp³-hybridized carbons (Fsp3) is 0.419. The summed E-state index contributed by atoms with van der Waals surface area (Å²) in [4.78, 5) is 29.6. The van der Waals surface area contributed by atoms with Gasteiger partial charge in [-0.25, -0.2) is 0 Å². The van der Waals surface area contributed by atoms with Crippen LogP contribution in [0.25, 0.3) is 22.0 Å². The Morgan fingerprint density at radius 1 is 0.925 bits per heavy atom. The third-order valence-corrected chi connectivity index (χ3v) is 8.25. The number of amides is 1. The number of hydrogen-bond donors (Lipinski definition) is 2. The molecule has 0 bridgehead atoms. The maximum absolute atomic E-state index is 13.2. The van der Waals surface area contributed by atoms with Crippen molar-refractivity contribution in [2.45, 2.75) is 32.9 Å². The summed E-state index contributed by atoms with van der Waals surface area (Å²) in [5, 5.41) is 11.1. The molecule has 5 heterocycles. The lowest BCUT2D eigenvalue weighted by Gasteiger charge is -2.32. The van der Waals surface area contributed by atoms with Crippen molar-refractivity contribution in [3.63, 3.8) is 0 Å². The number of piperazine rings is 1. The number of benzene rings is 1. The Morgan fingerprint density at radius 2 is 1.73 bits per heavy atom. The minimum absolute atomic E-state index is 0.261. The maximum Gasteiger partial charge on any atom is 0.276 e. The van der Waals surface area contributed by atoms with Gasteiger partial charge < -0.3 is 10.2 Å². The number of anilines is 1. The summed E-state index contributed by atoms with van der Waals surface area (Å²) in [5.41, 5.74) is 6.11. The van der Waals surface area contributed by atoms with Crippen LogP contribution in [0.1, 0.15) is 41.5 Å². The zero-order chi connectivity index (χ0) is 27.5. The number of carbonyl (C=O) groups is 1. The molecule has 40 heavy (non-hydrogen) atoms.